The Labute approximate surface area is 112 Å². The molecule has 7 nitrogen and oxygen atoms in total. The van der Waals surface area contributed by atoms with Crippen molar-refractivity contribution in [3.63, 3.8) is 0 Å². The molecule has 0 aliphatic carbocycles. The highest BCUT2D eigenvalue weighted by Gasteiger charge is 2.10. The Bertz CT molecular complexity index is 532. The molecule has 9 heteroatoms. The minimum Gasteiger partial charge on any atom is -0.463 e. The number of nitrogen functional groups attached to an aromatic ring is 1. The molecule has 0 atom stereocenters. The van der Waals surface area contributed by atoms with Crippen LogP contribution in [-0.2, 0) is 0 Å². The van der Waals surface area contributed by atoms with Gasteiger partial charge in [-0.3, -0.25) is 0 Å². The van der Waals surface area contributed by atoms with Crippen molar-refractivity contribution in [3.05, 3.63) is 5.01 Å². The van der Waals surface area contributed by atoms with Crippen molar-refractivity contribution in [1.29, 1.82) is 0 Å². The number of aromatic nitrogens is 5. The van der Waals surface area contributed by atoms with E-state index in [9.17, 15) is 0 Å². The molecule has 0 spiro atoms. The molecule has 2 heterocycles. The molecule has 96 valence electrons. The van der Waals surface area contributed by atoms with E-state index in [1.165, 1.54) is 23.1 Å². The van der Waals surface area contributed by atoms with Gasteiger partial charge in [0.2, 0.25) is 11.1 Å². The molecule has 0 aliphatic rings. The standard InChI is InChI=1S/C9H12N6OS2/c1-3-4-16-7-11-6(10)12-8(13-7)18-9-15-14-5(2)17-9/h3-4H2,1-2H3,(H2,10,11,12,13). The number of aryl methyl sites for hydroxylation is 1. The van der Waals surface area contributed by atoms with Crippen LogP contribution in [0.4, 0.5) is 5.95 Å². The molecular formula is C9H12N6OS2. The van der Waals surface area contributed by atoms with Crippen LogP contribution in [-0.4, -0.2) is 31.8 Å². The lowest BCUT2D eigenvalue weighted by Gasteiger charge is -2.03. The zero-order valence-electron chi connectivity index (χ0n) is 9.95. The maximum atomic E-state index is 5.60. The van der Waals surface area contributed by atoms with Gasteiger partial charge in [0.05, 0.1) is 6.61 Å². The first-order valence-corrected chi connectivity index (χ1v) is 6.93. The molecule has 0 saturated carbocycles. The van der Waals surface area contributed by atoms with E-state index in [1.807, 2.05) is 13.8 Å². The van der Waals surface area contributed by atoms with Crippen LogP contribution >= 0.6 is 23.1 Å². The van der Waals surface area contributed by atoms with Crippen molar-refractivity contribution >= 4 is 29.0 Å². The summed E-state index contributed by atoms with van der Waals surface area (Å²) in [5.41, 5.74) is 5.60. The van der Waals surface area contributed by atoms with Crippen LogP contribution in [0.25, 0.3) is 0 Å². The van der Waals surface area contributed by atoms with Gasteiger partial charge in [0, 0.05) is 0 Å². The van der Waals surface area contributed by atoms with Crippen molar-refractivity contribution in [2.75, 3.05) is 12.3 Å². The summed E-state index contributed by atoms with van der Waals surface area (Å²) in [5.74, 6) is 0.139. The SMILES string of the molecule is CCCOc1nc(N)nc(Sc2nnc(C)s2)n1. The maximum absolute atomic E-state index is 5.60. The number of nitrogens with two attached hydrogens (primary N) is 1. The fraction of sp³-hybridized carbons (Fsp3) is 0.444. The Morgan fingerprint density at radius 1 is 1.28 bits per heavy atom. The van der Waals surface area contributed by atoms with Crippen molar-refractivity contribution in [1.82, 2.24) is 25.1 Å². The number of rotatable bonds is 5. The Hall–Kier alpha value is -1.48. The second kappa shape index (κ2) is 5.91. The molecule has 18 heavy (non-hydrogen) atoms. The lowest BCUT2D eigenvalue weighted by molar-refractivity contribution is 0.288. The predicted octanol–water partition coefficient (Wildman–Crippen LogP) is 1.55. The molecule has 0 bridgehead atoms. The summed E-state index contributed by atoms with van der Waals surface area (Å²) in [4.78, 5) is 12.1. The summed E-state index contributed by atoms with van der Waals surface area (Å²) in [6.45, 7) is 4.44. The number of nitrogens with zero attached hydrogens (tertiary/aromatic N) is 5. The second-order valence-electron chi connectivity index (χ2n) is 3.30. The van der Waals surface area contributed by atoms with Crippen LogP contribution in [0, 0.1) is 6.92 Å². The first kappa shape index (κ1) is 13.0. The van der Waals surface area contributed by atoms with Crippen molar-refractivity contribution < 1.29 is 4.74 Å². The second-order valence-corrected chi connectivity index (χ2v) is 5.69. The Morgan fingerprint density at radius 3 is 2.78 bits per heavy atom. The molecule has 0 fully saturated rings. The van der Waals surface area contributed by atoms with Crippen molar-refractivity contribution in [2.24, 2.45) is 0 Å². The molecule has 2 aromatic heterocycles. The van der Waals surface area contributed by atoms with Crippen LogP contribution in [0.3, 0.4) is 0 Å². The fourth-order valence-corrected chi connectivity index (χ4v) is 2.72. The number of hydrogen-bond donors (Lipinski definition) is 1. The van der Waals surface area contributed by atoms with E-state index in [0.717, 1.165) is 15.8 Å². The van der Waals surface area contributed by atoms with Gasteiger partial charge in [-0.1, -0.05) is 18.3 Å². The van der Waals surface area contributed by atoms with E-state index < -0.39 is 0 Å². The molecule has 2 aromatic rings. The zero-order valence-corrected chi connectivity index (χ0v) is 11.6. The Balaban J connectivity index is 2.14. The third-order valence-corrected chi connectivity index (χ3v) is 3.49. The third kappa shape index (κ3) is 3.50. The van der Waals surface area contributed by atoms with Gasteiger partial charge in [0.1, 0.15) is 5.01 Å². The molecule has 2 N–H and O–H groups in total. The van der Waals surface area contributed by atoms with E-state index in [2.05, 4.69) is 25.1 Å². The molecule has 0 saturated heterocycles. The summed E-state index contributed by atoms with van der Waals surface area (Å²) in [6, 6.07) is 0.244. The van der Waals surface area contributed by atoms with Gasteiger partial charge >= 0.3 is 6.01 Å². The Kier molecular flexibility index (Phi) is 4.26. The average molecular weight is 284 g/mol. The van der Waals surface area contributed by atoms with Crippen LogP contribution in [0.2, 0.25) is 0 Å². The molecule has 0 unspecified atom stereocenters. The van der Waals surface area contributed by atoms with Crippen molar-refractivity contribution in [3.8, 4) is 6.01 Å². The summed E-state index contributed by atoms with van der Waals surface area (Å²) in [5, 5.41) is 9.26. The molecule has 0 amide bonds. The third-order valence-electron chi connectivity index (χ3n) is 1.73. The molecule has 0 aliphatic heterocycles. The topological polar surface area (TPSA) is 99.7 Å². The van der Waals surface area contributed by atoms with Crippen LogP contribution < -0.4 is 10.5 Å². The minimum absolute atomic E-state index is 0.139. The summed E-state index contributed by atoms with van der Waals surface area (Å²) < 4.78 is 6.09. The van der Waals surface area contributed by atoms with Gasteiger partial charge in [-0.15, -0.1) is 10.2 Å². The van der Waals surface area contributed by atoms with E-state index in [0.29, 0.717) is 11.8 Å². The van der Waals surface area contributed by atoms with Gasteiger partial charge in [0.15, 0.2) is 4.34 Å². The van der Waals surface area contributed by atoms with Crippen LogP contribution in [0.5, 0.6) is 6.01 Å². The normalized spacial score (nSPS) is 10.6. The quantitative estimate of drug-likeness (QED) is 0.882. The monoisotopic (exact) mass is 284 g/mol. The first-order valence-electron chi connectivity index (χ1n) is 5.29. The van der Waals surface area contributed by atoms with E-state index in [4.69, 9.17) is 10.5 Å². The Morgan fingerprint density at radius 2 is 2.11 bits per heavy atom. The first-order chi connectivity index (χ1) is 8.67. The van der Waals surface area contributed by atoms with Crippen LogP contribution in [0.1, 0.15) is 18.4 Å². The van der Waals surface area contributed by atoms with E-state index >= 15 is 0 Å². The number of ether oxygens (including phenoxy) is 1. The van der Waals surface area contributed by atoms with Gasteiger partial charge in [-0.25, -0.2) is 0 Å². The van der Waals surface area contributed by atoms with Gasteiger partial charge in [-0.2, -0.15) is 15.0 Å². The molecule has 0 aromatic carbocycles. The average Bonchev–Trinajstić information content (AvgIpc) is 2.71. The van der Waals surface area contributed by atoms with E-state index in [-0.39, 0.29) is 12.0 Å². The van der Waals surface area contributed by atoms with E-state index in [1.54, 1.807) is 0 Å². The zero-order chi connectivity index (χ0) is 13.0. The summed E-state index contributed by atoms with van der Waals surface area (Å²) >= 11 is 2.76. The highest BCUT2D eigenvalue weighted by atomic mass is 32.2. The molecule has 2 rings (SSSR count). The van der Waals surface area contributed by atoms with Gasteiger partial charge < -0.3 is 10.5 Å². The van der Waals surface area contributed by atoms with Gasteiger partial charge in [-0.05, 0) is 25.1 Å². The predicted molar refractivity (Wildman–Crippen MR) is 68.8 cm³/mol. The van der Waals surface area contributed by atoms with Crippen LogP contribution in [0.15, 0.2) is 9.50 Å². The molecular weight excluding hydrogens is 272 g/mol. The number of hydrogen-bond acceptors (Lipinski definition) is 9. The van der Waals surface area contributed by atoms with Gasteiger partial charge in [0.25, 0.3) is 0 Å². The summed E-state index contributed by atoms with van der Waals surface area (Å²) in [7, 11) is 0. The fourth-order valence-electron chi connectivity index (χ4n) is 1.05. The number of anilines is 1. The summed E-state index contributed by atoms with van der Waals surface area (Å²) in [6.07, 6.45) is 0.879. The highest BCUT2D eigenvalue weighted by molar-refractivity contribution is 8.00. The minimum atomic E-state index is 0.139. The smallest absolute Gasteiger partial charge is 0.322 e. The maximum Gasteiger partial charge on any atom is 0.322 e. The highest BCUT2D eigenvalue weighted by Crippen LogP contribution is 2.28. The largest absolute Gasteiger partial charge is 0.463 e. The lowest BCUT2D eigenvalue weighted by Crippen LogP contribution is -2.05. The molecule has 0 radical (unpaired) electrons. The van der Waals surface area contributed by atoms with Crippen molar-refractivity contribution in [2.45, 2.75) is 29.8 Å². The lowest BCUT2D eigenvalue weighted by atomic mass is 10.5.